The molecule has 1 saturated heterocycles. The lowest BCUT2D eigenvalue weighted by atomic mass is 10.2. The molecule has 2 nitrogen and oxygen atoms in total. The highest BCUT2D eigenvalue weighted by molar-refractivity contribution is 5.47. The number of nitrogens with one attached hydrogen (secondary N) is 1. The topological polar surface area (TPSA) is 15.3 Å². The van der Waals surface area contributed by atoms with E-state index in [9.17, 15) is 4.39 Å². The monoisotopic (exact) mass is 224 g/mol. The van der Waals surface area contributed by atoms with E-state index >= 15 is 0 Å². The first-order chi connectivity index (χ1) is 7.77. The van der Waals surface area contributed by atoms with Crippen molar-refractivity contribution >= 4 is 5.69 Å². The number of piperazine rings is 1. The van der Waals surface area contributed by atoms with Gasteiger partial charge in [-0.05, 0) is 31.2 Å². The van der Waals surface area contributed by atoms with Crippen molar-refractivity contribution in [3.05, 3.63) is 30.1 Å². The van der Waals surface area contributed by atoms with E-state index in [-0.39, 0.29) is 5.82 Å². The Hall–Kier alpha value is -1.09. The van der Waals surface area contributed by atoms with Gasteiger partial charge in [0.25, 0.3) is 0 Å². The zero-order valence-electron chi connectivity index (χ0n) is 10.3. The summed E-state index contributed by atoms with van der Waals surface area (Å²) in [4.78, 5) is 2.30. The molecule has 0 aromatic heterocycles. The first-order valence-electron chi connectivity index (χ1n) is 6.00. The molecule has 1 N–H and O–H groups in total. The Morgan fingerprint density at radius 1 is 1.25 bits per heavy atom. The normalized spacial score (nSPS) is 20.0. The fourth-order valence-corrected chi connectivity index (χ4v) is 1.86. The molecule has 0 saturated carbocycles. The average molecular weight is 224 g/mol. The van der Waals surface area contributed by atoms with Gasteiger partial charge in [0.05, 0.1) is 0 Å². The van der Waals surface area contributed by atoms with Gasteiger partial charge in [0.2, 0.25) is 0 Å². The van der Waals surface area contributed by atoms with Crippen molar-refractivity contribution in [2.75, 3.05) is 24.5 Å². The molecule has 90 valence electrons. The SMILES string of the molecule is CC.C[C@H]1CNCCN1c1ccc(F)cc1. The first-order valence-corrected chi connectivity index (χ1v) is 6.00. The molecule has 0 bridgehead atoms. The number of rotatable bonds is 1. The van der Waals surface area contributed by atoms with Crippen molar-refractivity contribution in [2.24, 2.45) is 0 Å². The highest BCUT2D eigenvalue weighted by atomic mass is 19.1. The number of nitrogens with zero attached hydrogens (tertiary/aromatic N) is 1. The van der Waals surface area contributed by atoms with Crippen LogP contribution in [0.1, 0.15) is 20.8 Å². The summed E-state index contributed by atoms with van der Waals surface area (Å²) in [5, 5.41) is 3.33. The highest BCUT2D eigenvalue weighted by Crippen LogP contribution is 2.18. The highest BCUT2D eigenvalue weighted by Gasteiger charge is 2.17. The van der Waals surface area contributed by atoms with Crippen molar-refractivity contribution in [3.63, 3.8) is 0 Å². The average Bonchev–Trinajstić information content (AvgIpc) is 2.34. The second-order valence-corrected chi connectivity index (χ2v) is 3.72. The van der Waals surface area contributed by atoms with E-state index in [0.717, 1.165) is 25.3 Å². The van der Waals surface area contributed by atoms with Gasteiger partial charge in [-0.15, -0.1) is 0 Å². The number of anilines is 1. The van der Waals surface area contributed by atoms with Crippen LogP contribution in [0.4, 0.5) is 10.1 Å². The summed E-state index contributed by atoms with van der Waals surface area (Å²) < 4.78 is 12.7. The standard InChI is InChI=1S/C11H15FN2.C2H6/c1-9-8-13-6-7-14(9)11-4-2-10(12)3-5-11;1-2/h2-5,9,13H,6-8H2,1H3;1-2H3/t9-;/m0./s1. The lowest BCUT2D eigenvalue weighted by Gasteiger charge is -2.35. The Kier molecular flexibility index (Phi) is 5.26. The van der Waals surface area contributed by atoms with E-state index in [0.29, 0.717) is 6.04 Å². The number of halogens is 1. The minimum Gasteiger partial charge on any atom is -0.366 e. The second kappa shape index (κ2) is 6.48. The smallest absolute Gasteiger partial charge is 0.123 e. The maximum absolute atomic E-state index is 12.7. The lowest BCUT2D eigenvalue weighted by Crippen LogP contribution is -2.49. The molecule has 2 rings (SSSR count). The van der Waals surface area contributed by atoms with Crippen LogP contribution in [-0.4, -0.2) is 25.7 Å². The van der Waals surface area contributed by atoms with Crippen molar-refractivity contribution in [1.82, 2.24) is 5.32 Å². The third-order valence-electron chi connectivity index (χ3n) is 2.66. The fourth-order valence-electron chi connectivity index (χ4n) is 1.86. The molecular weight excluding hydrogens is 203 g/mol. The molecule has 1 atom stereocenters. The van der Waals surface area contributed by atoms with E-state index in [4.69, 9.17) is 0 Å². The minimum atomic E-state index is -0.170. The van der Waals surface area contributed by atoms with Crippen LogP contribution < -0.4 is 10.2 Å². The largest absolute Gasteiger partial charge is 0.366 e. The lowest BCUT2D eigenvalue weighted by molar-refractivity contribution is 0.500. The second-order valence-electron chi connectivity index (χ2n) is 3.72. The van der Waals surface area contributed by atoms with Gasteiger partial charge in [-0.3, -0.25) is 0 Å². The third kappa shape index (κ3) is 3.20. The Morgan fingerprint density at radius 3 is 2.44 bits per heavy atom. The maximum Gasteiger partial charge on any atom is 0.123 e. The van der Waals surface area contributed by atoms with Crippen LogP contribution in [0, 0.1) is 5.82 Å². The van der Waals surface area contributed by atoms with Crippen LogP contribution in [-0.2, 0) is 0 Å². The minimum absolute atomic E-state index is 0.170. The van der Waals surface area contributed by atoms with Gasteiger partial charge in [-0.2, -0.15) is 0 Å². The van der Waals surface area contributed by atoms with Crippen LogP contribution in [0.15, 0.2) is 24.3 Å². The molecule has 0 amide bonds. The molecule has 3 heteroatoms. The van der Waals surface area contributed by atoms with E-state index < -0.39 is 0 Å². The molecule has 0 radical (unpaired) electrons. The van der Waals surface area contributed by atoms with Crippen LogP contribution in [0.25, 0.3) is 0 Å². The summed E-state index contributed by atoms with van der Waals surface area (Å²) in [6, 6.07) is 7.21. The Bertz CT molecular complexity index is 297. The summed E-state index contributed by atoms with van der Waals surface area (Å²) in [6.45, 7) is 9.17. The summed E-state index contributed by atoms with van der Waals surface area (Å²) >= 11 is 0. The predicted octanol–water partition coefficient (Wildman–Crippen LogP) is 2.65. The van der Waals surface area contributed by atoms with Crippen molar-refractivity contribution in [1.29, 1.82) is 0 Å². The summed E-state index contributed by atoms with van der Waals surface area (Å²) in [5.74, 6) is -0.170. The molecule has 1 fully saturated rings. The van der Waals surface area contributed by atoms with Crippen LogP contribution in [0.3, 0.4) is 0 Å². The maximum atomic E-state index is 12.7. The van der Waals surface area contributed by atoms with Gasteiger partial charge in [0, 0.05) is 31.4 Å². The van der Waals surface area contributed by atoms with E-state index in [1.807, 2.05) is 26.0 Å². The molecule has 0 aliphatic carbocycles. The van der Waals surface area contributed by atoms with Crippen molar-refractivity contribution in [3.8, 4) is 0 Å². The van der Waals surface area contributed by atoms with Gasteiger partial charge >= 0.3 is 0 Å². The molecule has 0 spiro atoms. The predicted molar refractivity (Wildman–Crippen MR) is 67.4 cm³/mol. The van der Waals surface area contributed by atoms with Gasteiger partial charge < -0.3 is 10.2 Å². The zero-order valence-corrected chi connectivity index (χ0v) is 10.3. The van der Waals surface area contributed by atoms with Crippen LogP contribution >= 0.6 is 0 Å². The van der Waals surface area contributed by atoms with Gasteiger partial charge in [-0.1, -0.05) is 13.8 Å². The van der Waals surface area contributed by atoms with Gasteiger partial charge in [0.1, 0.15) is 5.82 Å². The first kappa shape index (κ1) is 13.0. The molecule has 1 aromatic carbocycles. The van der Waals surface area contributed by atoms with Gasteiger partial charge in [-0.25, -0.2) is 4.39 Å². The van der Waals surface area contributed by atoms with Gasteiger partial charge in [0.15, 0.2) is 0 Å². The molecule has 0 unspecified atom stereocenters. The molecule has 1 heterocycles. The fraction of sp³-hybridized carbons (Fsp3) is 0.538. The Balaban J connectivity index is 0.000000606. The van der Waals surface area contributed by atoms with Crippen molar-refractivity contribution < 1.29 is 4.39 Å². The van der Waals surface area contributed by atoms with Crippen LogP contribution in [0.2, 0.25) is 0 Å². The van der Waals surface area contributed by atoms with Crippen LogP contribution in [0.5, 0.6) is 0 Å². The summed E-state index contributed by atoms with van der Waals surface area (Å²) in [6.07, 6.45) is 0. The molecule has 1 aliphatic rings. The number of hydrogen-bond donors (Lipinski definition) is 1. The quantitative estimate of drug-likeness (QED) is 0.789. The molecule has 1 aliphatic heterocycles. The summed E-state index contributed by atoms with van der Waals surface area (Å²) in [5.41, 5.74) is 1.11. The van der Waals surface area contributed by atoms with E-state index in [1.54, 1.807) is 0 Å². The van der Waals surface area contributed by atoms with Crippen molar-refractivity contribution in [2.45, 2.75) is 26.8 Å². The third-order valence-corrected chi connectivity index (χ3v) is 2.66. The molecular formula is C13H21FN2. The number of hydrogen-bond acceptors (Lipinski definition) is 2. The number of benzene rings is 1. The Morgan fingerprint density at radius 2 is 1.88 bits per heavy atom. The Labute approximate surface area is 97.5 Å². The summed E-state index contributed by atoms with van der Waals surface area (Å²) in [7, 11) is 0. The zero-order chi connectivity index (χ0) is 12.0. The van der Waals surface area contributed by atoms with E-state index in [2.05, 4.69) is 17.1 Å². The molecule has 16 heavy (non-hydrogen) atoms. The van der Waals surface area contributed by atoms with E-state index in [1.165, 1.54) is 12.1 Å². The molecule has 1 aromatic rings.